The van der Waals surface area contributed by atoms with E-state index in [1.165, 1.54) is 0 Å². The Morgan fingerprint density at radius 2 is 2.15 bits per heavy atom. The molecule has 110 valence electrons. The topological polar surface area (TPSA) is 108 Å². The molecule has 1 amide bonds. The van der Waals surface area contributed by atoms with Gasteiger partial charge < -0.3 is 10.4 Å². The van der Waals surface area contributed by atoms with E-state index < -0.39 is 17.8 Å². The SMILES string of the molecule is CCCc1nc(C(=O)NC2CCCCC2C(=O)O)n[nH]1. The van der Waals surface area contributed by atoms with Crippen molar-refractivity contribution in [2.24, 2.45) is 5.92 Å². The van der Waals surface area contributed by atoms with Crippen LogP contribution in [0, 0.1) is 5.92 Å². The average Bonchev–Trinajstić information content (AvgIpc) is 2.88. The molecule has 2 rings (SSSR count). The Morgan fingerprint density at radius 1 is 1.40 bits per heavy atom. The summed E-state index contributed by atoms with van der Waals surface area (Å²) in [4.78, 5) is 27.3. The van der Waals surface area contributed by atoms with E-state index in [0.717, 1.165) is 25.7 Å². The Kier molecular flexibility index (Phi) is 4.70. The second-order valence-corrected chi connectivity index (χ2v) is 5.16. The minimum absolute atomic E-state index is 0.0863. The number of aryl methyl sites for hydroxylation is 1. The van der Waals surface area contributed by atoms with Gasteiger partial charge in [0, 0.05) is 12.5 Å². The highest BCUT2D eigenvalue weighted by molar-refractivity contribution is 5.91. The fourth-order valence-electron chi connectivity index (χ4n) is 2.58. The molecule has 1 aliphatic carbocycles. The number of hydrogen-bond donors (Lipinski definition) is 3. The van der Waals surface area contributed by atoms with Crippen molar-refractivity contribution in [2.75, 3.05) is 0 Å². The van der Waals surface area contributed by atoms with Crippen molar-refractivity contribution in [1.82, 2.24) is 20.5 Å². The molecule has 0 saturated heterocycles. The zero-order chi connectivity index (χ0) is 14.5. The number of aromatic nitrogens is 3. The van der Waals surface area contributed by atoms with E-state index in [0.29, 0.717) is 18.7 Å². The molecule has 3 N–H and O–H groups in total. The molecule has 0 spiro atoms. The number of rotatable bonds is 5. The quantitative estimate of drug-likeness (QED) is 0.749. The van der Waals surface area contributed by atoms with Gasteiger partial charge in [-0.2, -0.15) is 0 Å². The Morgan fingerprint density at radius 3 is 2.85 bits per heavy atom. The number of carboxylic acids is 1. The molecule has 0 radical (unpaired) electrons. The monoisotopic (exact) mass is 280 g/mol. The smallest absolute Gasteiger partial charge is 0.308 e. The Balaban J connectivity index is 1.99. The lowest BCUT2D eigenvalue weighted by molar-refractivity contribution is -0.143. The molecule has 1 aliphatic rings. The van der Waals surface area contributed by atoms with Gasteiger partial charge in [0.15, 0.2) is 0 Å². The van der Waals surface area contributed by atoms with E-state index >= 15 is 0 Å². The fraction of sp³-hybridized carbons (Fsp3) is 0.692. The first-order chi connectivity index (χ1) is 9.61. The summed E-state index contributed by atoms with van der Waals surface area (Å²) in [6.45, 7) is 2.02. The zero-order valence-electron chi connectivity index (χ0n) is 11.6. The molecular formula is C13H20N4O3. The fourth-order valence-corrected chi connectivity index (χ4v) is 2.58. The van der Waals surface area contributed by atoms with Crippen LogP contribution < -0.4 is 5.32 Å². The molecule has 2 atom stereocenters. The normalized spacial score (nSPS) is 22.4. The van der Waals surface area contributed by atoms with Gasteiger partial charge in [-0.15, -0.1) is 5.10 Å². The highest BCUT2D eigenvalue weighted by atomic mass is 16.4. The number of aromatic amines is 1. The molecule has 2 unspecified atom stereocenters. The first kappa shape index (κ1) is 14.5. The second-order valence-electron chi connectivity index (χ2n) is 5.16. The Labute approximate surface area is 117 Å². The molecule has 0 bridgehead atoms. The highest BCUT2D eigenvalue weighted by Crippen LogP contribution is 2.24. The van der Waals surface area contributed by atoms with Crippen molar-refractivity contribution in [3.8, 4) is 0 Å². The summed E-state index contributed by atoms with van der Waals surface area (Å²) in [5.74, 6) is -1.00. The zero-order valence-corrected chi connectivity index (χ0v) is 11.6. The molecule has 1 heterocycles. The average molecular weight is 280 g/mol. The van der Waals surface area contributed by atoms with Crippen LogP contribution in [0.2, 0.25) is 0 Å². The van der Waals surface area contributed by atoms with Crippen molar-refractivity contribution < 1.29 is 14.7 Å². The van der Waals surface area contributed by atoms with Crippen molar-refractivity contribution >= 4 is 11.9 Å². The van der Waals surface area contributed by atoms with E-state index in [-0.39, 0.29) is 11.9 Å². The maximum atomic E-state index is 12.0. The van der Waals surface area contributed by atoms with E-state index in [4.69, 9.17) is 0 Å². The third-order valence-corrected chi connectivity index (χ3v) is 3.62. The molecule has 1 fully saturated rings. The number of amides is 1. The van der Waals surface area contributed by atoms with Gasteiger partial charge in [0.05, 0.1) is 5.92 Å². The van der Waals surface area contributed by atoms with E-state index in [1.54, 1.807) is 0 Å². The molecule has 1 aromatic heterocycles. The lowest BCUT2D eigenvalue weighted by Crippen LogP contribution is -2.45. The van der Waals surface area contributed by atoms with Crippen LogP contribution in [-0.4, -0.2) is 38.2 Å². The predicted octanol–water partition coefficient (Wildman–Crippen LogP) is 1.13. The maximum absolute atomic E-state index is 12.0. The third kappa shape index (κ3) is 3.34. The number of nitrogens with one attached hydrogen (secondary N) is 2. The number of hydrogen-bond acceptors (Lipinski definition) is 4. The summed E-state index contributed by atoms with van der Waals surface area (Å²) in [7, 11) is 0. The predicted molar refractivity (Wildman–Crippen MR) is 71.2 cm³/mol. The molecule has 0 aliphatic heterocycles. The van der Waals surface area contributed by atoms with Gasteiger partial charge in [0.25, 0.3) is 5.91 Å². The largest absolute Gasteiger partial charge is 0.481 e. The third-order valence-electron chi connectivity index (χ3n) is 3.62. The summed E-state index contributed by atoms with van der Waals surface area (Å²) in [5.41, 5.74) is 0. The van der Waals surface area contributed by atoms with Crippen LogP contribution in [0.5, 0.6) is 0 Å². The van der Waals surface area contributed by atoms with Gasteiger partial charge in [0.1, 0.15) is 5.82 Å². The summed E-state index contributed by atoms with van der Waals surface area (Å²) < 4.78 is 0. The number of nitrogens with zero attached hydrogens (tertiary/aromatic N) is 2. The molecule has 0 aromatic carbocycles. The van der Waals surface area contributed by atoms with Crippen molar-refractivity contribution in [1.29, 1.82) is 0 Å². The van der Waals surface area contributed by atoms with Crippen LogP contribution >= 0.6 is 0 Å². The number of aliphatic carboxylic acids is 1. The van der Waals surface area contributed by atoms with E-state index in [2.05, 4.69) is 20.5 Å². The van der Waals surface area contributed by atoms with Crippen LogP contribution in [-0.2, 0) is 11.2 Å². The van der Waals surface area contributed by atoms with Crippen molar-refractivity contribution in [3.05, 3.63) is 11.6 Å². The highest BCUT2D eigenvalue weighted by Gasteiger charge is 2.32. The molecule has 1 saturated carbocycles. The van der Waals surface area contributed by atoms with Crippen molar-refractivity contribution in [3.63, 3.8) is 0 Å². The summed E-state index contributed by atoms with van der Waals surface area (Å²) in [6, 6.07) is -0.332. The van der Waals surface area contributed by atoms with Gasteiger partial charge >= 0.3 is 5.97 Å². The Hall–Kier alpha value is -1.92. The Bertz CT molecular complexity index is 486. The van der Waals surface area contributed by atoms with Crippen LogP contribution in [0.15, 0.2) is 0 Å². The minimum atomic E-state index is -0.850. The number of carbonyl (C=O) groups excluding carboxylic acids is 1. The van der Waals surface area contributed by atoms with Crippen LogP contribution in [0.3, 0.4) is 0 Å². The maximum Gasteiger partial charge on any atom is 0.308 e. The second kappa shape index (κ2) is 6.49. The van der Waals surface area contributed by atoms with Crippen LogP contribution in [0.1, 0.15) is 55.5 Å². The minimum Gasteiger partial charge on any atom is -0.481 e. The molecular weight excluding hydrogens is 260 g/mol. The summed E-state index contributed by atoms with van der Waals surface area (Å²) in [5, 5.41) is 18.5. The van der Waals surface area contributed by atoms with Crippen molar-refractivity contribution in [2.45, 2.75) is 51.5 Å². The number of H-pyrrole nitrogens is 1. The lowest BCUT2D eigenvalue weighted by Gasteiger charge is -2.28. The lowest BCUT2D eigenvalue weighted by atomic mass is 9.84. The van der Waals surface area contributed by atoms with Gasteiger partial charge in [-0.3, -0.25) is 14.7 Å². The molecule has 7 heteroatoms. The number of carboxylic acid groups (broad SMARTS) is 1. The first-order valence-corrected chi connectivity index (χ1v) is 7.06. The molecule has 7 nitrogen and oxygen atoms in total. The first-order valence-electron chi connectivity index (χ1n) is 7.06. The van der Waals surface area contributed by atoms with Gasteiger partial charge in [-0.05, 0) is 19.3 Å². The molecule has 1 aromatic rings. The summed E-state index contributed by atoms with van der Waals surface area (Å²) in [6.07, 6.45) is 4.78. The molecule has 20 heavy (non-hydrogen) atoms. The van der Waals surface area contributed by atoms with E-state index in [9.17, 15) is 14.7 Å². The number of carbonyl (C=O) groups is 2. The van der Waals surface area contributed by atoms with Crippen LogP contribution in [0.4, 0.5) is 0 Å². The van der Waals surface area contributed by atoms with Gasteiger partial charge in [0.2, 0.25) is 5.82 Å². The summed E-state index contributed by atoms with van der Waals surface area (Å²) >= 11 is 0. The van der Waals surface area contributed by atoms with Gasteiger partial charge in [-0.25, -0.2) is 4.98 Å². The standard InChI is InChI=1S/C13H20N4O3/c1-2-5-10-15-11(17-16-10)12(18)14-9-7-4-3-6-8(9)13(19)20/h8-9H,2-7H2,1H3,(H,14,18)(H,19,20)(H,15,16,17). The van der Waals surface area contributed by atoms with E-state index in [1.807, 2.05) is 6.92 Å². The van der Waals surface area contributed by atoms with Gasteiger partial charge in [-0.1, -0.05) is 19.8 Å². The van der Waals surface area contributed by atoms with Crippen LogP contribution in [0.25, 0.3) is 0 Å².